The van der Waals surface area contributed by atoms with Gasteiger partial charge in [-0.3, -0.25) is 31.1 Å². The van der Waals surface area contributed by atoms with Crippen LogP contribution in [0.2, 0.25) is 0 Å². The molecule has 5 rings (SSSR count). The number of benzene rings is 1. The number of nitrogens with zero attached hydrogens (tertiary/aromatic N) is 1. The molecule has 0 amide bonds. The summed E-state index contributed by atoms with van der Waals surface area (Å²) in [5.41, 5.74) is 0.321. The molecular formula is C47H73Cl2NO20S4. The SMILES string of the molecule is CS(=O)(=O)OCC(O)C(O)COS(C)(=O)=O.CS(=O)(=O)OCCCCOS(C)(=O)=O.C[C@]12C=CC(=O)C=C1CC[C@@H]1[C@@H]2[C@@H](O)C[C@@]2(C)[C@H]1CC[C@]2(O)C(=O)COC(=O)CCCc1ccc(N(CCCl)CCCl)cc1. The molecule has 21 nitrogen and oxygen atoms in total. The summed E-state index contributed by atoms with van der Waals surface area (Å²) in [7, 11) is -14.3. The number of carbonyl (C=O) groups excluding carboxylic acids is 3. The van der Waals surface area contributed by atoms with E-state index in [1.54, 1.807) is 12.2 Å². The molecule has 1 aromatic carbocycles. The van der Waals surface area contributed by atoms with Gasteiger partial charge >= 0.3 is 5.97 Å². The van der Waals surface area contributed by atoms with Crippen LogP contribution >= 0.6 is 23.2 Å². The van der Waals surface area contributed by atoms with Crippen LogP contribution in [0.5, 0.6) is 0 Å². The smallest absolute Gasteiger partial charge is 0.306 e. The molecule has 27 heteroatoms. The van der Waals surface area contributed by atoms with Gasteiger partial charge in [0.2, 0.25) is 5.78 Å². The third-order valence-electron chi connectivity index (χ3n) is 13.8. The standard InChI is InChI=1S/C35H45Cl2NO6.C6H14O8S2.C6H14O6S2/c1-33-14-12-26(39)20-24(33)8-11-27-28-13-15-35(43,34(28,2)21-29(40)32(27)33)30(41)22-44-31(42)5-3-4-23-6-9-25(10-7-23)38(18-16-36)19-17-37;1-15(9,10)13-3-5(7)6(8)4-14-16(2,11)12;1-13(7,8)11-5-3-4-6-12-14(2,9)10/h6-7,9-10,12,14,20,27-29,32,40,43H,3-5,8,11,13,15-19,21-22H2,1-2H3;5-8H,3-4H2,1-2H3;3-6H2,1-2H3/t27-,28-,29-,32+,33-,34-,35-;;/m0../s1. The zero-order chi connectivity index (χ0) is 55.9. The largest absolute Gasteiger partial charge is 0.458 e. The van der Waals surface area contributed by atoms with Gasteiger partial charge in [-0.05, 0) is 99.5 Å². The van der Waals surface area contributed by atoms with E-state index < -0.39 is 107 Å². The quantitative estimate of drug-likeness (QED) is 0.0448. The van der Waals surface area contributed by atoms with E-state index in [1.165, 1.54) is 0 Å². The summed E-state index contributed by atoms with van der Waals surface area (Å²) in [6.45, 7) is 3.74. The average Bonchev–Trinajstić information content (AvgIpc) is 3.57. The van der Waals surface area contributed by atoms with Crippen LogP contribution in [0.15, 0.2) is 48.1 Å². The lowest BCUT2D eigenvalue weighted by atomic mass is 9.46. The number of fused-ring (bicyclic) bond motifs is 5. The number of ketones is 2. The number of aliphatic hydroxyl groups excluding tert-OH is 3. The summed E-state index contributed by atoms with van der Waals surface area (Å²) in [6.07, 6.45) is 10.0. The van der Waals surface area contributed by atoms with Crippen LogP contribution in [-0.4, -0.2) is 178 Å². The molecule has 0 aliphatic heterocycles. The Hall–Kier alpha value is -2.63. The summed E-state index contributed by atoms with van der Waals surface area (Å²) >= 11 is 11.8. The fraction of sp³-hybridized carbons (Fsp3) is 0.723. The van der Waals surface area contributed by atoms with Crippen molar-refractivity contribution in [2.45, 2.75) is 102 Å². The maximum absolute atomic E-state index is 13.5. The fourth-order valence-corrected chi connectivity index (χ4v) is 12.3. The molecule has 4 aliphatic carbocycles. The van der Waals surface area contributed by atoms with Gasteiger partial charge in [0.25, 0.3) is 40.5 Å². The zero-order valence-electron chi connectivity index (χ0n) is 42.6. The highest BCUT2D eigenvalue weighted by molar-refractivity contribution is 7.86. The van der Waals surface area contributed by atoms with Gasteiger partial charge in [0.1, 0.15) is 17.8 Å². The van der Waals surface area contributed by atoms with Crippen molar-refractivity contribution in [1.29, 1.82) is 0 Å². The van der Waals surface area contributed by atoms with Crippen molar-refractivity contribution >= 4 is 86.9 Å². The summed E-state index contributed by atoms with van der Waals surface area (Å²) in [5.74, 6) is 0.166. The lowest BCUT2D eigenvalue weighted by Crippen LogP contribution is -2.61. The third-order valence-corrected chi connectivity index (χ3v) is 16.5. The summed E-state index contributed by atoms with van der Waals surface area (Å²) in [4.78, 5) is 40.3. The Morgan fingerprint density at radius 2 is 1.30 bits per heavy atom. The van der Waals surface area contributed by atoms with Crippen LogP contribution in [0.1, 0.15) is 77.2 Å². The Kier molecular flexibility index (Phi) is 25.1. The molecule has 0 saturated heterocycles. The minimum Gasteiger partial charge on any atom is -0.458 e. The van der Waals surface area contributed by atoms with E-state index >= 15 is 0 Å². The number of ether oxygens (including phenoxy) is 1. The highest BCUT2D eigenvalue weighted by Gasteiger charge is 2.68. The molecule has 1 aromatic rings. The second kappa shape index (κ2) is 28.3. The van der Waals surface area contributed by atoms with Crippen LogP contribution in [0.3, 0.4) is 0 Å². The summed E-state index contributed by atoms with van der Waals surface area (Å²) in [6, 6.07) is 8.12. The normalized spacial score (nSPS) is 26.4. The van der Waals surface area contributed by atoms with Gasteiger partial charge in [0.15, 0.2) is 12.4 Å². The van der Waals surface area contributed by atoms with Gasteiger partial charge < -0.3 is 30.1 Å². The van der Waals surface area contributed by atoms with E-state index in [4.69, 9.17) is 38.2 Å². The first-order valence-corrected chi connectivity index (χ1v) is 32.2. The number of esters is 1. The van der Waals surface area contributed by atoms with Crippen molar-refractivity contribution in [2.24, 2.45) is 28.6 Å². The number of rotatable bonds is 26. The number of allylic oxidation sites excluding steroid dienone is 4. The van der Waals surface area contributed by atoms with Crippen molar-refractivity contribution in [1.82, 2.24) is 0 Å². The van der Waals surface area contributed by atoms with Crippen molar-refractivity contribution in [3.8, 4) is 0 Å². The molecule has 0 radical (unpaired) electrons. The molecule has 4 N–H and O–H groups in total. The summed E-state index contributed by atoms with van der Waals surface area (Å²) in [5, 5.41) is 41.7. The molecule has 424 valence electrons. The maximum Gasteiger partial charge on any atom is 0.306 e. The van der Waals surface area contributed by atoms with Crippen LogP contribution in [0, 0.1) is 28.6 Å². The van der Waals surface area contributed by atoms with E-state index in [9.17, 15) is 58.3 Å². The second-order valence-corrected chi connectivity index (χ2v) is 26.8. The molecule has 0 spiro atoms. The van der Waals surface area contributed by atoms with Crippen molar-refractivity contribution in [3.63, 3.8) is 0 Å². The van der Waals surface area contributed by atoms with Crippen LogP contribution < -0.4 is 4.90 Å². The molecule has 74 heavy (non-hydrogen) atoms. The van der Waals surface area contributed by atoms with Crippen LogP contribution in [-0.2, 0) is 82.7 Å². The number of unbranched alkanes of at least 4 members (excludes halogenated alkanes) is 1. The predicted octanol–water partition coefficient (Wildman–Crippen LogP) is 2.80. The molecule has 3 fully saturated rings. The molecule has 4 aliphatic rings. The molecule has 9 atom stereocenters. The van der Waals surface area contributed by atoms with E-state index in [2.05, 4.69) is 28.6 Å². The Balaban J connectivity index is 0.000000394. The van der Waals surface area contributed by atoms with E-state index in [-0.39, 0.29) is 56.0 Å². The number of aliphatic hydroxyl groups is 4. The number of anilines is 1. The molecule has 0 bridgehead atoms. The molecule has 3 saturated carbocycles. The second-order valence-electron chi connectivity index (χ2n) is 19.5. The maximum atomic E-state index is 13.5. The number of alkyl halides is 2. The van der Waals surface area contributed by atoms with Gasteiger partial charge in [-0.2, -0.15) is 33.7 Å². The third kappa shape index (κ3) is 20.3. The first-order chi connectivity index (χ1) is 34.2. The van der Waals surface area contributed by atoms with Gasteiger partial charge in [-0.25, -0.2) is 0 Å². The number of carbonyl (C=O) groups is 3. The number of hydrogen-bond donors (Lipinski definition) is 4. The lowest BCUT2D eigenvalue weighted by molar-refractivity contribution is -0.181. The van der Waals surface area contributed by atoms with E-state index in [0.717, 1.165) is 54.7 Å². The highest BCUT2D eigenvalue weighted by atomic mass is 35.5. The predicted molar refractivity (Wildman–Crippen MR) is 276 cm³/mol. The molecular weight excluding hydrogens is 1100 g/mol. The fourth-order valence-electron chi connectivity index (χ4n) is 10.2. The zero-order valence-corrected chi connectivity index (χ0v) is 47.4. The first-order valence-electron chi connectivity index (χ1n) is 23.9. The van der Waals surface area contributed by atoms with Crippen LogP contribution in [0.25, 0.3) is 0 Å². The lowest BCUT2D eigenvalue weighted by Gasteiger charge is -2.59. The summed E-state index contributed by atoms with van der Waals surface area (Å²) < 4.78 is 107. The Bertz CT molecular complexity index is 2480. The van der Waals surface area contributed by atoms with Crippen molar-refractivity contribution in [2.75, 3.05) is 87.8 Å². The number of aryl methyl sites for hydroxylation is 1. The Morgan fingerprint density at radius 1 is 0.784 bits per heavy atom. The van der Waals surface area contributed by atoms with Gasteiger partial charge in [0.05, 0.1) is 57.6 Å². The topological polar surface area (TPSA) is 318 Å². The van der Waals surface area contributed by atoms with Crippen molar-refractivity contribution < 1.29 is 90.0 Å². The number of halogens is 2. The monoisotopic (exact) mass is 1170 g/mol. The highest BCUT2D eigenvalue weighted by Crippen LogP contribution is 2.67. The molecule has 2 unspecified atom stereocenters. The first kappa shape index (κ1) is 65.7. The van der Waals surface area contributed by atoms with Crippen molar-refractivity contribution in [3.05, 3.63) is 53.6 Å². The Labute approximate surface area is 446 Å². The van der Waals surface area contributed by atoms with Gasteiger partial charge in [-0.1, -0.05) is 37.6 Å². The number of hydrogen-bond acceptors (Lipinski definition) is 21. The number of Topliss-reactive ketones (excluding diaryl/α,β-unsaturated/α-hetero) is 1. The average molecular weight is 1170 g/mol. The van der Waals surface area contributed by atoms with Gasteiger partial charge in [0, 0.05) is 53.7 Å². The Morgan fingerprint density at radius 3 is 1.78 bits per heavy atom. The minimum atomic E-state index is -3.73. The van der Waals surface area contributed by atoms with Crippen LogP contribution in [0.4, 0.5) is 5.69 Å². The van der Waals surface area contributed by atoms with E-state index in [0.29, 0.717) is 57.0 Å². The molecule has 0 heterocycles. The van der Waals surface area contributed by atoms with Gasteiger partial charge in [-0.15, -0.1) is 23.2 Å². The minimum absolute atomic E-state index is 0.0103. The molecule has 0 aromatic heterocycles. The van der Waals surface area contributed by atoms with E-state index in [1.807, 2.05) is 37.3 Å².